The summed E-state index contributed by atoms with van der Waals surface area (Å²) in [7, 11) is 0. The molecule has 4 rings (SSSR count). The van der Waals surface area contributed by atoms with Gasteiger partial charge in [0.05, 0.1) is 31.6 Å². The number of hydrogen-bond acceptors (Lipinski definition) is 9. The molecule has 240 valence electrons. The Morgan fingerprint density at radius 2 is 1.61 bits per heavy atom. The summed E-state index contributed by atoms with van der Waals surface area (Å²) in [6, 6.07) is 9.05. The number of imidazole rings is 1. The van der Waals surface area contributed by atoms with Crippen molar-refractivity contribution in [1.29, 1.82) is 0 Å². The van der Waals surface area contributed by atoms with Gasteiger partial charge in [-0.25, -0.2) is 15.0 Å². The van der Waals surface area contributed by atoms with Crippen molar-refractivity contribution in [1.82, 2.24) is 30.2 Å². The summed E-state index contributed by atoms with van der Waals surface area (Å²) in [6.45, 7) is 4.27. The van der Waals surface area contributed by atoms with Gasteiger partial charge >= 0.3 is 0 Å². The Bertz CT molecular complexity index is 1320. The van der Waals surface area contributed by atoms with E-state index in [0.29, 0.717) is 29.9 Å². The molecule has 1 aliphatic heterocycles. The van der Waals surface area contributed by atoms with Crippen molar-refractivity contribution >= 4 is 28.8 Å². The van der Waals surface area contributed by atoms with Crippen LogP contribution in [-0.2, 0) is 20.9 Å². The molecular weight excluding hydrogens is 562 g/mol. The van der Waals surface area contributed by atoms with Gasteiger partial charge in [0.15, 0.2) is 23.2 Å². The van der Waals surface area contributed by atoms with Gasteiger partial charge < -0.3 is 35.5 Å². The standard InChI is InChI=1S/C32H47N7O5/c1-3-4-5-6-7-8-9-10-14-17-24(40)33-18-25(41)37-26-22(2)44-32(29(43)28(26)42)38-30-27-31(35-20-34-30)39(21-36-27)19-23-15-12-11-13-16-23/h11-13,15-16,20-22,26,28-29,32,42-43H,3-10,14,17-19H2,1-2H3,(H,33,40)(H,37,41)(H,34,35,38)/t22-,26-,28+,29+,32-/m0/s1. The largest absolute Gasteiger partial charge is 0.388 e. The zero-order chi connectivity index (χ0) is 31.3. The summed E-state index contributed by atoms with van der Waals surface area (Å²) < 4.78 is 7.85. The highest BCUT2D eigenvalue weighted by molar-refractivity contribution is 5.85. The summed E-state index contributed by atoms with van der Waals surface area (Å²) in [4.78, 5) is 37.9. The van der Waals surface area contributed by atoms with E-state index in [9.17, 15) is 19.8 Å². The topological polar surface area (TPSA) is 164 Å². The van der Waals surface area contributed by atoms with Gasteiger partial charge in [0.1, 0.15) is 18.5 Å². The number of benzene rings is 1. The third-order valence-corrected chi connectivity index (χ3v) is 8.05. The molecule has 0 bridgehead atoms. The minimum atomic E-state index is -1.38. The Hall–Kier alpha value is -3.61. The number of nitrogens with one attached hydrogen (secondary N) is 3. The highest BCUT2D eigenvalue weighted by atomic mass is 16.5. The van der Waals surface area contributed by atoms with Crippen molar-refractivity contribution in [3.63, 3.8) is 0 Å². The lowest BCUT2D eigenvalue weighted by Crippen LogP contribution is -2.64. The van der Waals surface area contributed by atoms with Gasteiger partial charge in [-0.1, -0.05) is 88.6 Å². The molecule has 1 aliphatic rings. The van der Waals surface area contributed by atoms with Crippen LogP contribution in [0.1, 0.15) is 83.6 Å². The maximum atomic E-state index is 12.6. The molecule has 0 unspecified atom stereocenters. The fourth-order valence-electron chi connectivity index (χ4n) is 5.50. The van der Waals surface area contributed by atoms with Crippen molar-refractivity contribution in [3.8, 4) is 0 Å². The molecule has 0 radical (unpaired) electrons. The number of aliphatic hydroxyl groups is 2. The maximum absolute atomic E-state index is 12.6. The molecule has 0 aliphatic carbocycles. The molecule has 2 amide bonds. The average Bonchev–Trinajstić information content (AvgIpc) is 3.44. The summed E-state index contributed by atoms with van der Waals surface area (Å²) in [6.07, 6.45) is 9.57. The van der Waals surface area contributed by atoms with Crippen LogP contribution in [0, 0.1) is 0 Å². The highest BCUT2D eigenvalue weighted by Gasteiger charge is 2.43. The van der Waals surface area contributed by atoms with Gasteiger partial charge in [0.2, 0.25) is 11.8 Å². The first-order valence-electron chi connectivity index (χ1n) is 15.9. The quantitative estimate of drug-likeness (QED) is 0.145. The lowest BCUT2D eigenvalue weighted by atomic mass is 9.96. The molecular formula is C32H47N7O5. The van der Waals surface area contributed by atoms with E-state index in [1.807, 2.05) is 34.9 Å². The predicted octanol–water partition coefficient (Wildman–Crippen LogP) is 3.28. The SMILES string of the molecule is CCCCCCCCCCCC(=O)NCC(=O)N[C@@H]1[C@@H](O)[C@@H](O)[C@@H](Nc2ncnc3c2ncn3Cc2ccccc2)O[C@H]1C. The number of hydrogen-bond donors (Lipinski definition) is 5. The van der Waals surface area contributed by atoms with E-state index in [2.05, 4.69) is 37.8 Å². The van der Waals surface area contributed by atoms with Crippen molar-refractivity contribution < 1.29 is 24.5 Å². The van der Waals surface area contributed by atoms with Crippen molar-refractivity contribution in [2.45, 2.75) is 115 Å². The van der Waals surface area contributed by atoms with Crippen molar-refractivity contribution in [2.75, 3.05) is 11.9 Å². The Morgan fingerprint density at radius 3 is 2.34 bits per heavy atom. The van der Waals surface area contributed by atoms with Crippen molar-refractivity contribution in [3.05, 3.63) is 48.5 Å². The number of rotatable bonds is 17. The minimum absolute atomic E-state index is 0.178. The molecule has 44 heavy (non-hydrogen) atoms. The number of aliphatic hydroxyl groups excluding tert-OH is 2. The van der Waals surface area contributed by atoms with E-state index < -0.39 is 36.5 Å². The monoisotopic (exact) mass is 609 g/mol. The minimum Gasteiger partial charge on any atom is -0.388 e. The van der Waals surface area contributed by atoms with E-state index in [1.165, 1.54) is 44.9 Å². The first kappa shape index (κ1) is 33.3. The first-order chi connectivity index (χ1) is 21.4. The van der Waals surface area contributed by atoms with E-state index in [-0.39, 0.29) is 12.5 Å². The number of carbonyl (C=O) groups is 2. The Kier molecular flexibility index (Phi) is 12.9. The van der Waals surface area contributed by atoms with Crippen LogP contribution in [0.5, 0.6) is 0 Å². The van der Waals surface area contributed by atoms with Gasteiger partial charge in [-0.2, -0.15) is 0 Å². The normalized spacial score (nSPS) is 21.7. The average molecular weight is 610 g/mol. The molecule has 1 fully saturated rings. The third-order valence-electron chi connectivity index (χ3n) is 8.05. The van der Waals surface area contributed by atoms with Gasteiger partial charge in [0.25, 0.3) is 0 Å². The van der Waals surface area contributed by atoms with Gasteiger partial charge in [0, 0.05) is 6.42 Å². The zero-order valence-corrected chi connectivity index (χ0v) is 25.8. The number of ether oxygens (including phenoxy) is 1. The number of aromatic nitrogens is 4. The predicted molar refractivity (Wildman–Crippen MR) is 168 cm³/mol. The maximum Gasteiger partial charge on any atom is 0.239 e. The number of anilines is 1. The van der Waals surface area contributed by atoms with Gasteiger partial charge in [-0.05, 0) is 18.9 Å². The number of amides is 2. The van der Waals surface area contributed by atoms with Gasteiger partial charge in [-0.3, -0.25) is 9.59 Å². The summed E-state index contributed by atoms with van der Waals surface area (Å²) in [5.74, 6) is -0.296. The fourth-order valence-corrected chi connectivity index (χ4v) is 5.50. The molecule has 12 nitrogen and oxygen atoms in total. The lowest BCUT2D eigenvalue weighted by Gasteiger charge is -2.42. The van der Waals surface area contributed by atoms with Crippen molar-refractivity contribution in [2.24, 2.45) is 0 Å². The van der Waals surface area contributed by atoms with E-state index in [0.717, 1.165) is 24.8 Å². The Balaban J connectivity index is 1.21. The molecule has 3 heterocycles. The van der Waals surface area contributed by atoms with Crippen LogP contribution in [0.2, 0.25) is 0 Å². The van der Waals surface area contributed by atoms with Crippen LogP contribution in [0.25, 0.3) is 11.2 Å². The second-order valence-electron chi connectivity index (χ2n) is 11.6. The van der Waals surface area contributed by atoms with Crippen LogP contribution >= 0.6 is 0 Å². The lowest BCUT2D eigenvalue weighted by molar-refractivity contribution is -0.172. The van der Waals surface area contributed by atoms with Gasteiger partial charge in [-0.15, -0.1) is 0 Å². The molecule has 12 heteroatoms. The molecule has 1 aromatic carbocycles. The Labute approximate surface area is 259 Å². The van der Waals surface area contributed by atoms with Crippen LogP contribution in [0.4, 0.5) is 5.82 Å². The van der Waals surface area contributed by atoms with Crippen LogP contribution in [0.15, 0.2) is 43.0 Å². The molecule has 2 aromatic heterocycles. The summed E-state index contributed by atoms with van der Waals surface area (Å²) in [5.41, 5.74) is 2.19. The number of nitrogens with zero attached hydrogens (tertiary/aromatic N) is 4. The van der Waals surface area contributed by atoms with Crippen LogP contribution in [0.3, 0.4) is 0 Å². The van der Waals surface area contributed by atoms with E-state index in [1.54, 1.807) is 13.3 Å². The van der Waals surface area contributed by atoms with E-state index >= 15 is 0 Å². The molecule has 1 saturated heterocycles. The fraction of sp³-hybridized carbons (Fsp3) is 0.594. The summed E-state index contributed by atoms with van der Waals surface area (Å²) in [5, 5.41) is 30.1. The molecule has 3 aromatic rings. The Morgan fingerprint density at radius 1 is 0.909 bits per heavy atom. The zero-order valence-electron chi connectivity index (χ0n) is 25.8. The smallest absolute Gasteiger partial charge is 0.239 e. The summed E-state index contributed by atoms with van der Waals surface area (Å²) >= 11 is 0. The third kappa shape index (κ3) is 9.44. The highest BCUT2D eigenvalue weighted by Crippen LogP contribution is 2.25. The molecule has 0 saturated carbocycles. The second kappa shape index (κ2) is 17.0. The molecule has 0 spiro atoms. The molecule has 5 atom stereocenters. The number of carbonyl (C=O) groups excluding carboxylic acids is 2. The number of unbranched alkanes of at least 4 members (excludes halogenated alkanes) is 8. The first-order valence-corrected chi connectivity index (χ1v) is 15.9. The van der Waals surface area contributed by atoms with Crippen LogP contribution < -0.4 is 16.0 Å². The number of fused-ring (bicyclic) bond motifs is 1. The van der Waals surface area contributed by atoms with E-state index in [4.69, 9.17) is 4.74 Å². The van der Waals surface area contributed by atoms with Crippen LogP contribution in [-0.4, -0.2) is 78.7 Å². The molecule has 5 N–H and O–H groups in total. The second-order valence-corrected chi connectivity index (χ2v) is 11.6.